The van der Waals surface area contributed by atoms with Crippen LogP contribution in [0.2, 0.25) is 5.15 Å². The Kier molecular flexibility index (Phi) is 5.38. The summed E-state index contributed by atoms with van der Waals surface area (Å²) in [6, 6.07) is 2.85. The largest absolute Gasteiger partial charge is 0.350 e. The van der Waals surface area contributed by atoms with Crippen molar-refractivity contribution in [2.75, 3.05) is 27.2 Å². The molecule has 18 heavy (non-hydrogen) atoms. The smallest absolute Gasteiger partial charge is 0.316 e. The first-order chi connectivity index (χ1) is 8.50. The van der Waals surface area contributed by atoms with Crippen LogP contribution in [-0.4, -0.2) is 49.0 Å². The molecule has 0 radical (unpaired) electrons. The number of rotatable bonds is 4. The molecule has 0 aliphatic rings. The number of hydrogen-bond acceptors (Lipinski definition) is 3. The topological polar surface area (TPSA) is 74.3 Å². The van der Waals surface area contributed by atoms with Crippen molar-refractivity contribution in [3.63, 3.8) is 0 Å². The quantitative estimate of drug-likeness (QED) is 0.626. The van der Waals surface area contributed by atoms with Crippen molar-refractivity contribution in [3.8, 4) is 0 Å². The van der Waals surface area contributed by atoms with Gasteiger partial charge in [0.1, 0.15) is 5.15 Å². The number of nitrogens with one attached hydrogen (secondary N) is 2. The van der Waals surface area contributed by atoms with E-state index in [1.54, 1.807) is 20.2 Å². The highest BCUT2D eigenvalue weighted by atomic mass is 35.5. The van der Waals surface area contributed by atoms with Crippen molar-refractivity contribution in [2.45, 2.75) is 0 Å². The zero-order chi connectivity index (χ0) is 13.5. The molecular formula is C11H15ClN4O2. The van der Waals surface area contributed by atoms with Gasteiger partial charge in [-0.15, -0.1) is 0 Å². The van der Waals surface area contributed by atoms with E-state index in [1.807, 2.05) is 0 Å². The third-order valence-electron chi connectivity index (χ3n) is 2.08. The molecule has 98 valence electrons. The van der Waals surface area contributed by atoms with E-state index in [0.717, 1.165) is 0 Å². The van der Waals surface area contributed by atoms with E-state index in [9.17, 15) is 9.59 Å². The van der Waals surface area contributed by atoms with Gasteiger partial charge in [-0.05, 0) is 12.1 Å². The van der Waals surface area contributed by atoms with Crippen LogP contribution in [0.3, 0.4) is 0 Å². The lowest BCUT2D eigenvalue weighted by atomic mass is 10.2. The average Bonchev–Trinajstić information content (AvgIpc) is 2.33. The summed E-state index contributed by atoms with van der Waals surface area (Å²) in [6.07, 6.45) is 1.46. The van der Waals surface area contributed by atoms with E-state index >= 15 is 0 Å². The van der Waals surface area contributed by atoms with Crippen molar-refractivity contribution in [2.24, 2.45) is 0 Å². The standard InChI is InChI=1S/C11H15ClN4O2/c1-16(2)11(18)15-6-5-14-10(17)8-3-4-13-9(12)7-8/h3-4,7H,5-6H2,1-2H3,(H,14,17)(H,15,18). The maximum absolute atomic E-state index is 11.7. The molecule has 1 aromatic rings. The zero-order valence-electron chi connectivity index (χ0n) is 10.2. The monoisotopic (exact) mass is 270 g/mol. The molecule has 0 saturated heterocycles. The first-order valence-electron chi connectivity index (χ1n) is 5.35. The molecule has 7 heteroatoms. The average molecular weight is 271 g/mol. The molecule has 0 unspecified atom stereocenters. The first-order valence-corrected chi connectivity index (χ1v) is 5.73. The molecule has 1 rings (SSSR count). The van der Waals surface area contributed by atoms with Crippen molar-refractivity contribution in [3.05, 3.63) is 29.0 Å². The Balaban J connectivity index is 2.32. The second-order valence-electron chi connectivity index (χ2n) is 3.75. The summed E-state index contributed by atoms with van der Waals surface area (Å²) in [6.45, 7) is 0.708. The second-order valence-corrected chi connectivity index (χ2v) is 4.14. The molecule has 6 nitrogen and oxygen atoms in total. The Labute approximate surface area is 110 Å². The van der Waals surface area contributed by atoms with E-state index in [0.29, 0.717) is 18.7 Å². The zero-order valence-corrected chi connectivity index (χ0v) is 11.0. The fourth-order valence-corrected chi connectivity index (χ4v) is 1.32. The van der Waals surface area contributed by atoms with Gasteiger partial charge in [-0.3, -0.25) is 4.79 Å². The van der Waals surface area contributed by atoms with Crippen molar-refractivity contribution >= 4 is 23.5 Å². The second kappa shape index (κ2) is 6.80. The minimum Gasteiger partial charge on any atom is -0.350 e. The van der Waals surface area contributed by atoms with E-state index in [1.165, 1.54) is 17.2 Å². The van der Waals surface area contributed by atoms with Gasteiger partial charge >= 0.3 is 6.03 Å². The van der Waals surface area contributed by atoms with Gasteiger partial charge in [0.25, 0.3) is 5.91 Å². The van der Waals surface area contributed by atoms with Gasteiger partial charge in [0.05, 0.1) is 0 Å². The predicted octanol–water partition coefficient (Wildman–Crippen LogP) is 0.736. The highest BCUT2D eigenvalue weighted by Crippen LogP contribution is 2.06. The summed E-state index contributed by atoms with van der Waals surface area (Å²) in [4.78, 5) is 28.0. The van der Waals surface area contributed by atoms with Crippen molar-refractivity contribution in [1.82, 2.24) is 20.5 Å². The number of hydrogen-bond donors (Lipinski definition) is 2. The molecule has 0 aliphatic carbocycles. The molecule has 0 atom stereocenters. The summed E-state index contributed by atoms with van der Waals surface area (Å²) >= 11 is 5.67. The van der Waals surface area contributed by atoms with Crippen LogP contribution in [0.1, 0.15) is 10.4 Å². The van der Waals surface area contributed by atoms with Crippen LogP contribution in [0.5, 0.6) is 0 Å². The van der Waals surface area contributed by atoms with Gasteiger partial charge < -0.3 is 15.5 Å². The lowest BCUT2D eigenvalue weighted by Gasteiger charge is -2.12. The number of carbonyl (C=O) groups is 2. The minimum atomic E-state index is -0.251. The SMILES string of the molecule is CN(C)C(=O)NCCNC(=O)c1ccnc(Cl)c1. The lowest BCUT2D eigenvalue weighted by Crippen LogP contribution is -2.39. The van der Waals surface area contributed by atoms with Gasteiger partial charge in [-0.1, -0.05) is 11.6 Å². The fourth-order valence-electron chi connectivity index (χ4n) is 1.15. The van der Waals surface area contributed by atoms with E-state index in [2.05, 4.69) is 15.6 Å². The summed E-state index contributed by atoms with van der Waals surface area (Å²) in [5.74, 6) is -0.251. The number of pyridine rings is 1. The van der Waals surface area contributed by atoms with Gasteiger partial charge in [0.15, 0.2) is 0 Å². The minimum absolute atomic E-state index is 0.198. The van der Waals surface area contributed by atoms with Crippen LogP contribution >= 0.6 is 11.6 Å². The summed E-state index contributed by atoms with van der Waals surface area (Å²) in [5.41, 5.74) is 0.439. The molecule has 1 aromatic heterocycles. The van der Waals surface area contributed by atoms with Crippen molar-refractivity contribution in [1.29, 1.82) is 0 Å². The Morgan fingerprint density at radius 2 is 2.00 bits per heavy atom. The lowest BCUT2D eigenvalue weighted by molar-refractivity contribution is 0.0953. The highest BCUT2D eigenvalue weighted by Gasteiger charge is 2.06. The number of nitrogens with zero attached hydrogens (tertiary/aromatic N) is 2. The molecular weight excluding hydrogens is 256 g/mol. The van der Waals surface area contributed by atoms with Crippen LogP contribution < -0.4 is 10.6 Å². The molecule has 0 saturated carbocycles. The van der Waals surface area contributed by atoms with E-state index in [4.69, 9.17) is 11.6 Å². The number of aromatic nitrogens is 1. The third-order valence-corrected chi connectivity index (χ3v) is 2.29. The maximum Gasteiger partial charge on any atom is 0.316 e. The summed E-state index contributed by atoms with van der Waals surface area (Å²) in [7, 11) is 3.29. The van der Waals surface area contributed by atoms with Crippen LogP contribution in [0.25, 0.3) is 0 Å². The molecule has 3 amide bonds. The third kappa shape index (κ3) is 4.58. The van der Waals surface area contributed by atoms with Crippen molar-refractivity contribution < 1.29 is 9.59 Å². The molecule has 0 aromatic carbocycles. The predicted molar refractivity (Wildman–Crippen MR) is 68.7 cm³/mol. The van der Waals surface area contributed by atoms with Crippen LogP contribution in [0.15, 0.2) is 18.3 Å². The first kappa shape index (κ1) is 14.2. The van der Waals surface area contributed by atoms with E-state index in [-0.39, 0.29) is 17.1 Å². The Bertz CT molecular complexity index is 437. The molecule has 2 N–H and O–H groups in total. The van der Waals surface area contributed by atoms with E-state index < -0.39 is 0 Å². The number of halogens is 1. The fraction of sp³-hybridized carbons (Fsp3) is 0.364. The number of urea groups is 1. The molecule has 0 spiro atoms. The molecule has 1 heterocycles. The van der Waals surface area contributed by atoms with Gasteiger partial charge in [-0.25, -0.2) is 9.78 Å². The maximum atomic E-state index is 11.7. The van der Waals surface area contributed by atoms with Gasteiger partial charge in [0.2, 0.25) is 0 Å². The van der Waals surface area contributed by atoms with Crippen LogP contribution in [0, 0.1) is 0 Å². The van der Waals surface area contributed by atoms with Gasteiger partial charge in [0, 0.05) is 38.9 Å². The normalized spacial score (nSPS) is 9.72. The molecule has 0 fully saturated rings. The molecule has 0 aliphatic heterocycles. The van der Waals surface area contributed by atoms with Crippen LogP contribution in [-0.2, 0) is 0 Å². The Morgan fingerprint density at radius 3 is 2.61 bits per heavy atom. The Morgan fingerprint density at radius 1 is 1.33 bits per heavy atom. The number of carbonyl (C=O) groups excluding carboxylic acids is 2. The number of amides is 3. The summed E-state index contributed by atoms with van der Waals surface area (Å²) in [5, 5.41) is 5.56. The van der Waals surface area contributed by atoms with Crippen LogP contribution in [0.4, 0.5) is 4.79 Å². The molecule has 0 bridgehead atoms. The highest BCUT2D eigenvalue weighted by molar-refractivity contribution is 6.29. The Hall–Kier alpha value is -1.82. The summed E-state index contributed by atoms with van der Waals surface area (Å²) < 4.78 is 0. The van der Waals surface area contributed by atoms with Gasteiger partial charge in [-0.2, -0.15) is 0 Å².